The summed E-state index contributed by atoms with van der Waals surface area (Å²) < 4.78 is 11.2. The van der Waals surface area contributed by atoms with E-state index in [0.717, 1.165) is 10.0 Å². The van der Waals surface area contributed by atoms with Gasteiger partial charge in [-0.25, -0.2) is 4.79 Å². The average Bonchev–Trinajstić information content (AvgIpc) is 2.57. The zero-order chi connectivity index (χ0) is 18.4. The Bertz CT molecular complexity index is 764. The van der Waals surface area contributed by atoms with Gasteiger partial charge in [0.15, 0.2) is 12.7 Å². The van der Waals surface area contributed by atoms with Crippen LogP contribution in [-0.2, 0) is 14.3 Å². The van der Waals surface area contributed by atoms with Crippen LogP contribution in [0, 0.1) is 6.92 Å². The summed E-state index contributed by atoms with van der Waals surface area (Å²) in [6.07, 6.45) is -0.827. The number of aryl methyl sites for hydroxylation is 1. The minimum absolute atomic E-state index is 0.380. The van der Waals surface area contributed by atoms with E-state index in [-0.39, 0.29) is 0 Å². The fourth-order valence-electron chi connectivity index (χ4n) is 1.90. The average molecular weight is 427 g/mol. The molecule has 0 radical (unpaired) electrons. The van der Waals surface area contributed by atoms with Crippen molar-refractivity contribution in [3.63, 3.8) is 0 Å². The normalized spacial score (nSPS) is 11.5. The van der Waals surface area contributed by atoms with E-state index < -0.39 is 24.6 Å². The van der Waals surface area contributed by atoms with E-state index >= 15 is 0 Å². The summed E-state index contributed by atoms with van der Waals surface area (Å²) in [4.78, 5) is 23.8. The zero-order valence-electron chi connectivity index (χ0n) is 13.7. The van der Waals surface area contributed by atoms with Crippen molar-refractivity contribution in [1.29, 1.82) is 0 Å². The molecule has 1 atom stereocenters. The molecule has 5 nitrogen and oxygen atoms in total. The van der Waals surface area contributed by atoms with Crippen molar-refractivity contribution in [3.8, 4) is 5.75 Å². The van der Waals surface area contributed by atoms with Crippen LogP contribution in [0.3, 0.4) is 0 Å². The summed E-state index contributed by atoms with van der Waals surface area (Å²) >= 11 is 9.29. The van der Waals surface area contributed by atoms with Gasteiger partial charge in [0, 0.05) is 4.47 Å². The molecule has 0 saturated carbocycles. The molecule has 2 aromatic rings. The molecule has 0 heterocycles. The number of nitrogens with one attached hydrogen (secondary N) is 1. The first-order valence-electron chi connectivity index (χ1n) is 7.50. The number of amides is 1. The van der Waals surface area contributed by atoms with Gasteiger partial charge in [0.2, 0.25) is 0 Å². The monoisotopic (exact) mass is 425 g/mol. The molecule has 1 unspecified atom stereocenters. The van der Waals surface area contributed by atoms with Crippen LogP contribution in [0.25, 0.3) is 0 Å². The van der Waals surface area contributed by atoms with E-state index in [1.165, 1.54) is 0 Å². The molecule has 25 heavy (non-hydrogen) atoms. The topological polar surface area (TPSA) is 64.6 Å². The summed E-state index contributed by atoms with van der Waals surface area (Å²) in [5.41, 5.74) is 1.53. The highest BCUT2D eigenvalue weighted by Gasteiger charge is 2.18. The van der Waals surface area contributed by atoms with Gasteiger partial charge >= 0.3 is 5.97 Å². The highest BCUT2D eigenvalue weighted by molar-refractivity contribution is 9.10. The second-order valence-corrected chi connectivity index (χ2v) is 6.68. The van der Waals surface area contributed by atoms with Gasteiger partial charge in [-0.2, -0.15) is 0 Å². The molecule has 2 rings (SSSR count). The molecule has 0 aliphatic carbocycles. The fraction of sp³-hybridized carbons (Fsp3) is 0.222. The molecule has 0 saturated heterocycles. The minimum Gasteiger partial charge on any atom is -0.479 e. The number of ether oxygens (including phenoxy) is 2. The predicted molar refractivity (Wildman–Crippen MR) is 100 cm³/mol. The van der Waals surface area contributed by atoms with Crippen molar-refractivity contribution in [1.82, 2.24) is 0 Å². The number of halogens is 2. The number of carbonyl (C=O) groups excluding carboxylic acids is 2. The lowest BCUT2D eigenvalue weighted by Crippen LogP contribution is -2.29. The van der Waals surface area contributed by atoms with Crippen molar-refractivity contribution in [2.75, 3.05) is 11.9 Å². The minimum atomic E-state index is -0.827. The summed E-state index contributed by atoms with van der Waals surface area (Å²) in [5, 5.41) is 2.96. The maximum Gasteiger partial charge on any atom is 0.347 e. The number of benzene rings is 2. The molecular weight excluding hydrogens is 410 g/mol. The molecule has 132 valence electrons. The van der Waals surface area contributed by atoms with Crippen LogP contribution in [0.2, 0.25) is 5.02 Å². The predicted octanol–water partition coefficient (Wildman–Crippen LogP) is 4.36. The van der Waals surface area contributed by atoms with Gasteiger partial charge in [0.05, 0.1) is 10.7 Å². The lowest BCUT2D eigenvalue weighted by Gasteiger charge is -2.14. The van der Waals surface area contributed by atoms with Crippen molar-refractivity contribution >= 4 is 45.1 Å². The molecule has 1 N–H and O–H groups in total. The molecule has 0 aliphatic heterocycles. The quantitative estimate of drug-likeness (QED) is 0.697. The second kappa shape index (κ2) is 8.87. The summed E-state index contributed by atoms with van der Waals surface area (Å²) in [6.45, 7) is 3.09. The maximum absolute atomic E-state index is 11.9. The Morgan fingerprint density at radius 1 is 1.20 bits per heavy atom. The SMILES string of the molecule is Cc1ccc(OC(C)C(=O)OCC(=O)Nc2ccc(Br)cc2Cl)cc1. The zero-order valence-corrected chi connectivity index (χ0v) is 16.1. The Hall–Kier alpha value is -2.05. The van der Waals surface area contributed by atoms with Crippen LogP contribution >= 0.6 is 27.5 Å². The second-order valence-electron chi connectivity index (χ2n) is 5.35. The molecule has 7 heteroatoms. The number of esters is 1. The molecule has 0 bridgehead atoms. The first-order valence-corrected chi connectivity index (χ1v) is 8.67. The third-order valence-electron chi connectivity index (χ3n) is 3.22. The number of hydrogen-bond acceptors (Lipinski definition) is 4. The largest absolute Gasteiger partial charge is 0.479 e. The molecule has 0 fully saturated rings. The number of carbonyl (C=O) groups is 2. The summed E-state index contributed by atoms with van der Waals surface area (Å²) in [7, 11) is 0. The van der Waals surface area contributed by atoms with Crippen LogP contribution < -0.4 is 10.1 Å². The Balaban J connectivity index is 1.82. The molecule has 1 amide bonds. The molecule has 0 aliphatic rings. The first-order chi connectivity index (χ1) is 11.8. The van der Waals surface area contributed by atoms with Gasteiger partial charge in [-0.3, -0.25) is 4.79 Å². The van der Waals surface area contributed by atoms with E-state index in [2.05, 4.69) is 21.2 Å². The van der Waals surface area contributed by atoms with E-state index in [0.29, 0.717) is 16.5 Å². The Morgan fingerprint density at radius 2 is 1.88 bits per heavy atom. The van der Waals surface area contributed by atoms with Crippen LogP contribution in [0.4, 0.5) is 5.69 Å². The summed E-state index contributed by atoms with van der Waals surface area (Å²) in [6, 6.07) is 12.3. The van der Waals surface area contributed by atoms with Crippen molar-refractivity contribution in [2.24, 2.45) is 0 Å². The molecule has 0 spiro atoms. The van der Waals surface area contributed by atoms with E-state index in [4.69, 9.17) is 21.1 Å². The highest BCUT2D eigenvalue weighted by atomic mass is 79.9. The van der Waals surface area contributed by atoms with Crippen molar-refractivity contribution < 1.29 is 19.1 Å². The third-order valence-corrected chi connectivity index (χ3v) is 4.02. The third kappa shape index (κ3) is 6.07. The van der Waals surface area contributed by atoms with Gasteiger partial charge in [-0.05, 0) is 44.2 Å². The van der Waals surface area contributed by atoms with Crippen molar-refractivity contribution in [2.45, 2.75) is 20.0 Å². The number of hydrogen-bond donors (Lipinski definition) is 1. The van der Waals surface area contributed by atoms with Crippen molar-refractivity contribution in [3.05, 3.63) is 57.5 Å². The first kappa shape index (κ1) is 19.3. The fourth-order valence-corrected chi connectivity index (χ4v) is 2.62. The van der Waals surface area contributed by atoms with Crippen LogP contribution in [0.1, 0.15) is 12.5 Å². The molecule has 2 aromatic carbocycles. The van der Waals surface area contributed by atoms with Gasteiger partial charge in [-0.15, -0.1) is 0 Å². The van der Waals surface area contributed by atoms with Crippen LogP contribution in [0.15, 0.2) is 46.9 Å². The van der Waals surface area contributed by atoms with Gasteiger partial charge < -0.3 is 14.8 Å². The standard InChI is InChI=1S/C18H17BrClNO4/c1-11-3-6-14(7-4-11)25-12(2)18(23)24-10-17(22)21-16-8-5-13(19)9-15(16)20/h3-9,12H,10H2,1-2H3,(H,21,22). The molecular formula is C18H17BrClNO4. The van der Waals surface area contributed by atoms with Gasteiger partial charge in [-0.1, -0.05) is 45.2 Å². The highest BCUT2D eigenvalue weighted by Crippen LogP contribution is 2.25. The van der Waals surface area contributed by atoms with Gasteiger partial charge in [0.1, 0.15) is 5.75 Å². The van der Waals surface area contributed by atoms with Crippen LogP contribution in [0.5, 0.6) is 5.75 Å². The van der Waals surface area contributed by atoms with E-state index in [1.807, 2.05) is 19.1 Å². The smallest absolute Gasteiger partial charge is 0.347 e. The number of rotatable bonds is 6. The lowest BCUT2D eigenvalue weighted by atomic mass is 10.2. The molecule has 0 aromatic heterocycles. The Labute approximate surface area is 159 Å². The van der Waals surface area contributed by atoms with Gasteiger partial charge in [0.25, 0.3) is 5.91 Å². The van der Waals surface area contributed by atoms with E-state index in [9.17, 15) is 9.59 Å². The van der Waals surface area contributed by atoms with E-state index in [1.54, 1.807) is 37.3 Å². The number of anilines is 1. The summed E-state index contributed by atoms with van der Waals surface area (Å²) in [5.74, 6) is -0.557. The lowest BCUT2D eigenvalue weighted by molar-refractivity contribution is -0.153. The Morgan fingerprint density at radius 3 is 2.52 bits per heavy atom. The maximum atomic E-state index is 11.9. The van der Waals surface area contributed by atoms with Crippen LogP contribution in [-0.4, -0.2) is 24.6 Å². The Kier molecular flexibility index (Phi) is 6.84.